The zero-order valence-corrected chi connectivity index (χ0v) is 12.7. The average molecular weight is 278 g/mol. The minimum atomic E-state index is -0.386. The van der Waals surface area contributed by atoms with E-state index in [1.54, 1.807) is 19.2 Å². The number of urea groups is 1. The van der Waals surface area contributed by atoms with E-state index in [0.29, 0.717) is 11.6 Å². The molecule has 2 rings (SSSR count). The van der Waals surface area contributed by atoms with Crippen molar-refractivity contribution in [3.8, 4) is 0 Å². The highest BCUT2D eigenvalue weighted by Gasteiger charge is 2.46. The average Bonchev–Trinajstić information content (AvgIpc) is 2.46. The number of nitrogens with one attached hydrogen (secondary N) is 2. The van der Waals surface area contributed by atoms with Crippen molar-refractivity contribution in [1.29, 1.82) is 0 Å². The topological polar surface area (TPSA) is 76.1 Å². The number of carbonyl (C=O) groups excluding carboxylic acids is 1. The second kappa shape index (κ2) is 5.01. The maximum absolute atomic E-state index is 12.0. The zero-order valence-electron chi connectivity index (χ0n) is 12.7. The predicted molar refractivity (Wildman–Crippen MR) is 76.6 cm³/mol. The van der Waals surface area contributed by atoms with Gasteiger partial charge in [0.15, 0.2) is 0 Å². The number of carbonyl (C=O) groups is 1. The Bertz CT molecular complexity index is 514. The van der Waals surface area contributed by atoms with Crippen LogP contribution in [0.5, 0.6) is 0 Å². The molecule has 0 radical (unpaired) electrons. The van der Waals surface area contributed by atoms with E-state index in [1.165, 1.54) is 0 Å². The fourth-order valence-corrected chi connectivity index (χ4v) is 2.62. The van der Waals surface area contributed by atoms with Crippen LogP contribution in [0.1, 0.15) is 39.9 Å². The minimum absolute atomic E-state index is 0.0413. The molecule has 1 atom stereocenters. The molecule has 1 aliphatic heterocycles. The van der Waals surface area contributed by atoms with Gasteiger partial charge < -0.3 is 10.1 Å². The summed E-state index contributed by atoms with van der Waals surface area (Å²) in [5.74, 6) is 1.11. The molecular formula is C14H22N4O2. The molecule has 20 heavy (non-hydrogen) atoms. The number of hydrogen-bond acceptors (Lipinski definition) is 4. The van der Waals surface area contributed by atoms with Gasteiger partial charge >= 0.3 is 6.03 Å². The molecule has 0 spiro atoms. The van der Waals surface area contributed by atoms with E-state index in [4.69, 9.17) is 4.74 Å². The third-order valence-electron chi connectivity index (χ3n) is 3.40. The summed E-state index contributed by atoms with van der Waals surface area (Å²) in [7, 11) is 0. The van der Waals surface area contributed by atoms with E-state index in [1.807, 2.05) is 27.7 Å². The molecule has 1 fully saturated rings. The first-order valence-corrected chi connectivity index (χ1v) is 6.75. The fraction of sp³-hybridized carbons (Fsp3) is 0.643. The van der Waals surface area contributed by atoms with Crippen molar-refractivity contribution in [2.24, 2.45) is 0 Å². The molecule has 1 aromatic rings. The molecule has 2 N–H and O–H groups in total. The molecule has 6 heteroatoms. The Morgan fingerprint density at radius 3 is 2.65 bits per heavy atom. The summed E-state index contributed by atoms with van der Waals surface area (Å²) in [5, 5.41) is 5.68. The SMILES string of the molecule is Cc1nccc(NC(=O)NC2CC(C)(C)OC2(C)C)n1. The van der Waals surface area contributed by atoms with Crippen molar-refractivity contribution in [3.05, 3.63) is 18.1 Å². The monoisotopic (exact) mass is 278 g/mol. The van der Waals surface area contributed by atoms with Crippen LogP contribution in [0.15, 0.2) is 12.3 Å². The summed E-state index contributed by atoms with van der Waals surface area (Å²) >= 11 is 0. The number of aryl methyl sites for hydroxylation is 1. The lowest BCUT2D eigenvalue weighted by Gasteiger charge is -2.27. The quantitative estimate of drug-likeness (QED) is 0.870. The Balaban J connectivity index is 1.98. The molecule has 0 saturated carbocycles. The molecular weight excluding hydrogens is 256 g/mol. The van der Waals surface area contributed by atoms with Crippen LogP contribution in [0, 0.1) is 6.92 Å². The van der Waals surface area contributed by atoms with Crippen LogP contribution in [-0.2, 0) is 4.74 Å². The van der Waals surface area contributed by atoms with Crippen molar-refractivity contribution >= 4 is 11.8 Å². The number of ether oxygens (including phenoxy) is 1. The van der Waals surface area contributed by atoms with Crippen molar-refractivity contribution in [3.63, 3.8) is 0 Å². The van der Waals surface area contributed by atoms with Crippen molar-refractivity contribution in [2.75, 3.05) is 5.32 Å². The van der Waals surface area contributed by atoms with E-state index in [2.05, 4.69) is 20.6 Å². The van der Waals surface area contributed by atoms with Crippen LogP contribution in [0.4, 0.5) is 10.6 Å². The van der Waals surface area contributed by atoms with Crippen LogP contribution < -0.4 is 10.6 Å². The van der Waals surface area contributed by atoms with Gasteiger partial charge in [0.2, 0.25) is 0 Å². The van der Waals surface area contributed by atoms with Gasteiger partial charge in [-0.3, -0.25) is 5.32 Å². The first-order chi connectivity index (χ1) is 9.18. The van der Waals surface area contributed by atoms with Gasteiger partial charge in [-0.2, -0.15) is 0 Å². The number of aromatic nitrogens is 2. The van der Waals surface area contributed by atoms with Gasteiger partial charge in [0.25, 0.3) is 0 Å². The smallest absolute Gasteiger partial charge is 0.320 e. The van der Waals surface area contributed by atoms with Crippen LogP contribution in [0.3, 0.4) is 0 Å². The molecule has 1 aromatic heterocycles. The second-order valence-corrected chi connectivity index (χ2v) is 6.31. The van der Waals surface area contributed by atoms with Crippen LogP contribution in [0.2, 0.25) is 0 Å². The molecule has 2 heterocycles. The Labute approximate surface area is 119 Å². The Morgan fingerprint density at radius 1 is 1.40 bits per heavy atom. The van der Waals surface area contributed by atoms with Crippen molar-refractivity contribution in [1.82, 2.24) is 15.3 Å². The zero-order chi connectivity index (χ0) is 15.0. The van der Waals surface area contributed by atoms with Gasteiger partial charge in [-0.25, -0.2) is 14.8 Å². The summed E-state index contributed by atoms with van der Waals surface area (Å²) < 4.78 is 5.95. The van der Waals surface area contributed by atoms with Gasteiger partial charge in [0, 0.05) is 6.20 Å². The third kappa shape index (κ3) is 3.45. The van der Waals surface area contributed by atoms with E-state index in [0.717, 1.165) is 6.42 Å². The number of anilines is 1. The summed E-state index contributed by atoms with van der Waals surface area (Å²) in [4.78, 5) is 20.2. The molecule has 0 bridgehead atoms. The Morgan fingerprint density at radius 2 is 2.10 bits per heavy atom. The van der Waals surface area contributed by atoms with E-state index in [9.17, 15) is 4.79 Å². The lowest BCUT2D eigenvalue weighted by Crippen LogP contribution is -2.47. The predicted octanol–water partition coefficient (Wildman–Crippen LogP) is 2.25. The minimum Gasteiger partial charge on any atom is -0.367 e. The lowest BCUT2D eigenvalue weighted by molar-refractivity contribution is -0.0689. The summed E-state index contributed by atoms with van der Waals surface area (Å²) in [5.41, 5.74) is -0.616. The molecule has 1 aliphatic rings. The largest absolute Gasteiger partial charge is 0.367 e. The van der Waals surface area contributed by atoms with Crippen molar-refractivity contribution in [2.45, 2.75) is 58.3 Å². The highest BCUT2D eigenvalue weighted by atomic mass is 16.5. The maximum Gasteiger partial charge on any atom is 0.320 e. The first-order valence-electron chi connectivity index (χ1n) is 6.75. The Hall–Kier alpha value is -1.69. The van der Waals surface area contributed by atoms with Gasteiger partial charge in [-0.1, -0.05) is 0 Å². The first kappa shape index (κ1) is 14.7. The van der Waals surface area contributed by atoms with Gasteiger partial charge in [-0.05, 0) is 47.1 Å². The van der Waals surface area contributed by atoms with Crippen LogP contribution >= 0.6 is 0 Å². The molecule has 6 nitrogen and oxygen atoms in total. The molecule has 1 unspecified atom stereocenters. The van der Waals surface area contributed by atoms with Crippen molar-refractivity contribution < 1.29 is 9.53 Å². The van der Waals surface area contributed by atoms with Crippen LogP contribution in [-0.4, -0.2) is 33.2 Å². The summed E-state index contributed by atoms with van der Waals surface area (Å²) in [6.45, 7) is 9.81. The van der Waals surface area contributed by atoms with Crippen LogP contribution in [0.25, 0.3) is 0 Å². The maximum atomic E-state index is 12.0. The van der Waals surface area contributed by atoms with E-state index >= 15 is 0 Å². The fourth-order valence-electron chi connectivity index (χ4n) is 2.62. The number of amides is 2. The van der Waals surface area contributed by atoms with E-state index in [-0.39, 0.29) is 23.3 Å². The third-order valence-corrected chi connectivity index (χ3v) is 3.40. The van der Waals surface area contributed by atoms with Gasteiger partial charge in [-0.15, -0.1) is 0 Å². The van der Waals surface area contributed by atoms with E-state index < -0.39 is 0 Å². The van der Waals surface area contributed by atoms with Gasteiger partial charge in [0.1, 0.15) is 11.6 Å². The molecule has 0 aromatic carbocycles. The second-order valence-electron chi connectivity index (χ2n) is 6.31. The normalized spacial score (nSPS) is 23.4. The Kier molecular flexibility index (Phi) is 3.69. The highest BCUT2D eigenvalue weighted by Crippen LogP contribution is 2.37. The highest BCUT2D eigenvalue weighted by molar-refractivity contribution is 5.88. The lowest BCUT2D eigenvalue weighted by atomic mass is 9.95. The summed E-state index contributed by atoms with van der Waals surface area (Å²) in [6, 6.07) is 1.34. The number of hydrogen-bond donors (Lipinski definition) is 2. The number of nitrogens with zero attached hydrogens (tertiary/aromatic N) is 2. The number of rotatable bonds is 2. The molecule has 110 valence electrons. The summed E-state index contributed by atoms with van der Waals surface area (Å²) in [6.07, 6.45) is 2.39. The molecule has 0 aliphatic carbocycles. The molecule has 2 amide bonds. The molecule has 1 saturated heterocycles. The standard InChI is InChI=1S/C14H22N4O2/c1-9-15-7-6-11(16-9)18-12(19)17-10-8-13(2,3)20-14(10,4)5/h6-7,10H,8H2,1-5H3,(H2,15,16,17,18,19). The van der Waals surface area contributed by atoms with Gasteiger partial charge in [0.05, 0.1) is 17.2 Å².